The van der Waals surface area contributed by atoms with Crippen LogP contribution in [-0.4, -0.2) is 38.6 Å². The Morgan fingerprint density at radius 2 is 2.00 bits per heavy atom. The van der Waals surface area contributed by atoms with E-state index in [-0.39, 0.29) is 22.0 Å². The number of halogens is 4. The summed E-state index contributed by atoms with van der Waals surface area (Å²) in [7, 11) is -3.54. The van der Waals surface area contributed by atoms with Gasteiger partial charge < -0.3 is 10.4 Å². The number of sulfone groups is 1. The van der Waals surface area contributed by atoms with E-state index in [0.717, 1.165) is 6.26 Å². The van der Waals surface area contributed by atoms with E-state index in [2.05, 4.69) is 5.32 Å². The van der Waals surface area contributed by atoms with Gasteiger partial charge >= 0.3 is 6.18 Å². The van der Waals surface area contributed by atoms with Crippen LogP contribution in [0.15, 0.2) is 23.1 Å². The molecule has 0 aliphatic rings. The van der Waals surface area contributed by atoms with Gasteiger partial charge in [0.05, 0.1) is 4.90 Å². The number of aliphatic hydroxyl groups excluding tert-OH is 1. The van der Waals surface area contributed by atoms with Crippen molar-refractivity contribution in [3.63, 3.8) is 0 Å². The second kappa shape index (κ2) is 6.30. The zero-order valence-electron chi connectivity index (χ0n) is 10.4. The molecule has 2 N–H and O–H groups in total. The quantitative estimate of drug-likeness (QED) is 0.863. The summed E-state index contributed by atoms with van der Waals surface area (Å²) in [6.07, 6.45) is -6.27. The number of rotatable bonds is 5. The molecule has 0 saturated carbocycles. The molecule has 114 valence electrons. The molecule has 0 heterocycles. The van der Waals surface area contributed by atoms with Crippen molar-refractivity contribution in [2.24, 2.45) is 0 Å². The molecule has 1 aromatic rings. The molecule has 9 heteroatoms. The van der Waals surface area contributed by atoms with E-state index in [4.69, 9.17) is 16.7 Å². The lowest BCUT2D eigenvalue weighted by atomic mass is 10.2. The molecule has 0 bridgehead atoms. The van der Waals surface area contributed by atoms with Gasteiger partial charge in [-0.15, -0.1) is 0 Å². The highest BCUT2D eigenvalue weighted by Gasteiger charge is 2.37. The highest BCUT2D eigenvalue weighted by molar-refractivity contribution is 7.90. The topological polar surface area (TPSA) is 66.4 Å². The Morgan fingerprint density at radius 1 is 1.40 bits per heavy atom. The Kier molecular flexibility index (Phi) is 5.42. The molecule has 1 unspecified atom stereocenters. The molecule has 1 aromatic carbocycles. The molecule has 0 aliphatic carbocycles. The maximum absolute atomic E-state index is 12.1. The van der Waals surface area contributed by atoms with Crippen molar-refractivity contribution in [3.8, 4) is 0 Å². The molecule has 0 aromatic heterocycles. The molecule has 0 aliphatic heterocycles. The minimum absolute atomic E-state index is 0.0565. The summed E-state index contributed by atoms with van der Waals surface area (Å²) < 4.78 is 59.4. The van der Waals surface area contributed by atoms with Crippen molar-refractivity contribution in [1.82, 2.24) is 5.32 Å². The molecular formula is C11H13ClF3NO3S. The monoisotopic (exact) mass is 331 g/mol. The van der Waals surface area contributed by atoms with Crippen LogP contribution in [0.3, 0.4) is 0 Å². The Morgan fingerprint density at radius 3 is 2.50 bits per heavy atom. The van der Waals surface area contributed by atoms with E-state index in [1.54, 1.807) is 0 Å². The van der Waals surface area contributed by atoms with Crippen LogP contribution < -0.4 is 5.32 Å². The third-order valence-electron chi connectivity index (χ3n) is 2.49. The Balaban J connectivity index is 2.84. The zero-order chi connectivity index (χ0) is 15.6. The highest BCUT2D eigenvalue weighted by atomic mass is 35.5. The molecule has 20 heavy (non-hydrogen) atoms. The summed E-state index contributed by atoms with van der Waals surface area (Å²) in [4.78, 5) is -0.0565. The van der Waals surface area contributed by atoms with E-state index in [9.17, 15) is 21.6 Å². The lowest BCUT2D eigenvalue weighted by Crippen LogP contribution is -2.38. The lowest BCUT2D eigenvalue weighted by molar-refractivity contribution is -0.201. The van der Waals surface area contributed by atoms with Gasteiger partial charge in [0, 0.05) is 29.9 Å². The maximum atomic E-state index is 12.1. The first-order chi connectivity index (χ1) is 9.03. The summed E-state index contributed by atoms with van der Waals surface area (Å²) in [5.41, 5.74) is 0.172. The lowest BCUT2D eigenvalue weighted by Gasteiger charge is -2.16. The predicted molar refractivity (Wildman–Crippen MR) is 68.3 cm³/mol. The molecule has 0 amide bonds. The average Bonchev–Trinajstić information content (AvgIpc) is 2.28. The van der Waals surface area contributed by atoms with E-state index in [1.165, 1.54) is 18.2 Å². The largest absolute Gasteiger partial charge is 0.415 e. The molecule has 0 spiro atoms. The highest BCUT2D eigenvalue weighted by Crippen LogP contribution is 2.24. The van der Waals surface area contributed by atoms with Crippen molar-refractivity contribution < 1.29 is 26.7 Å². The van der Waals surface area contributed by atoms with Gasteiger partial charge in [-0.2, -0.15) is 13.2 Å². The first kappa shape index (κ1) is 17.2. The average molecular weight is 332 g/mol. The van der Waals surface area contributed by atoms with Crippen molar-refractivity contribution in [2.45, 2.75) is 23.7 Å². The van der Waals surface area contributed by atoms with Crippen LogP contribution in [0.1, 0.15) is 5.56 Å². The van der Waals surface area contributed by atoms with Crippen LogP contribution in [0.4, 0.5) is 13.2 Å². The van der Waals surface area contributed by atoms with Gasteiger partial charge in [0.1, 0.15) is 0 Å². The minimum atomic E-state index is -4.73. The molecule has 4 nitrogen and oxygen atoms in total. The SMILES string of the molecule is CS(=O)(=O)c1cccc(Cl)c1CNCC(O)C(F)(F)F. The van der Waals surface area contributed by atoms with Crippen LogP contribution >= 0.6 is 11.6 Å². The number of alkyl halides is 3. The third kappa shape index (κ3) is 4.62. The minimum Gasteiger partial charge on any atom is -0.382 e. The van der Waals surface area contributed by atoms with Crippen molar-refractivity contribution in [2.75, 3.05) is 12.8 Å². The first-order valence-electron chi connectivity index (χ1n) is 5.46. The number of hydrogen-bond donors (Lipinski definition) is 2. The van der Waals surface area contributed by atoms with Gasteiger partial charge in [0.2, 0.25) is 0 Å². The molecule has 1 atom stereocenters. The zero-order valence-corrected chi connectivity index (χ0v) is 12.0. The molecule has 0 fully saturated rings. The standard InChI is InChI=1S/C11H13ClF3NO3S/c1-20(18,19)9-4-2-3-8(12)7(9)5-16-6-10(17)11(13,14)15/h2-4,10,16-17H,5-6H2,1H3. The summed E-state index contributed by atoms with van der Waals surface area (Å²) in [6.45, 7) is -0.951. The number of benzene rings is 1. The van der Waals surface area contributed by atoms with Gasteiger partial charge in [-0.1, -0.05) is 17.7 Å². The van der Waals surface area contributed by atoms with E-state index in [0.29, 0.717) is 0 Å². The number of nitrogens with one attached hydrogen (secondary N) is 1. The van der Waals surface area contributed by atoms with Crippen LogP contribution in [0.25, 0.3) is 0 Å². The number of aliphatic hydroxyl groups is 1. The van der Waals surface area contributed by atoms with Crippen LogP contribution in [0, 0.1) is 0 Å². The maximum Gasteiger partial charge on any atom is 0.415 e. The van der Waals surface area contributed by atoms with E-state index < -0.39 is 28.7 Å². The van der Waals surface area contributed by atoms with Crippen molar-refractivity contribution >= 4 is 21.4 Å². The number of hydrogen-bond acceptors (Lipinski definition) is 4. The summed E-state index contributed by atoms with van der Waals surface area (Å²) in [5, 5.41) is 11.3. The van der Waals surface area contributed by atoms with Crippen LogP contribution in [0.5, 0.6) is 0 Å². The fourth-order valence-electron chi connectivity index (χ4n) is 1.51. The second-order valence-corrected chi connectivity index (χ2v) is 6.57. The normalized spacial score (nSPS) is 14.3. The van der Waals surface area contributed by atoms with Crippen molar-refractivity contribution in [3.05, 3.63) is 28.8 Å². The summed E-state index contributed by atoms with van der Waals surface area (Å²) >= 11 is 5.85. The fraction of sp³-hybridized carbons (Fsp3) is 0.455. The fourth-order valence-corrected chi connectivity index (χ4v) is 2.76. The summed E-state index contributed by atoms with van der Waals surface area (Å²) in [5.74, 6) is 0. The third-order valence-corrected chi connectivity index (χ3v) is 4.03. The van der Waals surface area contributed by atoms with Gasteiger partial charge in [-0.25, -0.2) is 8.42 Å². The van der Waals surface area contributed by atoms with Gasteiger partial charge in [0.25, 0.3) is 0 Å². The van der Waals surface area contributed by atoms with Gasteiger partial charge in [-0.05, 0) is 12.1 Å². The second-order valence-electron chi connectivity index (χ2n) is 4.18. The van der Waals surface area contributed by atoms with Crippen LogP contribution in [0.2, 0.25) is 5.02 Å². The Bertz CT molecular complexity index is 575. The Hall–Kier alpha value is -0.830. The van der Waals surface area contributed by atoms with E-state index in [1.807, 2.05) is 0 Å². The van der Waals surface area contributed by atoms with Crippen LogP contribution in [-0.2, 0) is 16.4 Å². The first-order valence-corrected chi connectivity index (χ1v) is 7.73. The smallest absolute Gasteiger partial charge is 0.382 e. The van der Waals surface area contributed by atoms with E-state index >= 15 is 0 Å². The molecule has 0 saturated heterocycles. The summed E-state index contributed by atoms with van der Waals surface area (Å²) in [6, 6.07) is 4.19. The van der Waals surface area contributed by atoms with Crippen molar-refractivity contribution in [1.29, 1.82) is 0 Å². The van der Waals surface area contributed by atoms with Gasteiger partial charge in [0.15, 0.2) is 15.9 Å². The molecule has 1 rings (SSSR count). The van der Waals surface area contributed by atoms with Gasteiger partial charge in [-0.3, -0.25) is 0 Å². The Labute approximate surface area is 119 Å². The molecule has 0 radical (unpaired) electrons. The predicted octanol–water partition coefficient (Wildman–Crippen LogP) is 1.76. The molecular weight excluding hydrogens is 319 g/mol.